The van der Waals surface area contributed by atoms with Gasteiger partial charge in [0.15, 0.2) is 0 Å². The van der Waals surface area contributed by atoms with Gasteiger partial charge in [0.2, 0.25) is 5.91 Å². The molecule has 0 radical (unpaired) electrons. The van der Waals surface area contributed by atoms with Gasteiger partial charge >= 0.3 is 0 Å². The number of benzene rings is 1. The maximum atomic E-state index is 12.8. The molecule has 1 aliphatic rings. The number of hydrogen-bond acceptors (Lipinski definition) is 4. The van der Waals surface area contributed by atoms with Crippen molar-refractivity contribution in [2.45, 2.75) is 32.2 Å². The number of carbonyl (C=O) groups excluding carboxylic acids is 2. The average Bonchev–Trinajstić information content (AvgIpc) is 2.95. The summed E-state index contributed by atoms with van der Waals surface area (Å²) in [6.07, 6.45) is 2.34. The lowest BCUT2D eigenvalue weighted by Gasteiger charge is -2.33. The van der Waals surface area contributed by atoms with Gasteiger partial charge in [0.05, 0.1) is 5.69 Å². The van der Waals surface area contributed by atoms with Gasteiger partial charge in [-0.25, -0.2) is 0 Å². The summed E-state index contributed by atoms with van der Waals surface area (Å²) in [6.45, 7) is 2.50. The van der Waals surface area contributed by atoms with Gasteiger partial charge in [0, 0.05) is 13.0 Å². The van der Waals surface area contributed by atoms with Crippen LogP contribution in [0.5, 0.6) is 0 Å². The molecular formula is C17H19N3O2S. The number of aryl methyl sites for hydroxylation is 1. The van der Waals surface area contributed by atoms with Crippen molar-refractivity contribution >= 4 is 28.3 Å². The summed E-state index contributed by atoms with van der Waals surface area (Å²) in [5.41, 5.74) is 1.71. The fourth-order valence-corrected chi connectivity index (χ4v) is 3.48. The van der Waals surface area contributed by atoms with E-state index in [4.69, 9.17) is 0 Å². The van der Waals surface area contributed by atoms with Crippen molar-refractivity contribution in [1.29, 1.82) is 0 Å². The standard InChI is InChI=1S/C17H19N3O2S/c1-12-11-14(23-19-12)18-17(22)16(13-7-3-2-4-8-13)20-10-6-5-9-15(20)21/h2-4,7-8,11,16H,5-6,9-10H2,1H3,(H,18,22)/t16-/m0/s1. The molecule has 6 heteroatoms. The van der Waals surface area contributed by atoms with Gasteiger partial charge in [0.1, 0.15) is 11.0 Å². The highest BCUT2D eigenvalue weighted by Gasteiger charge is 2.32. The summed E-state index contributed by atoms with van der Waals surface area (Å²) in [7, 11) is 0. The van der Waals surface area contributed by atoms with Crippen molar-refractivity contribution in [2.75, 3.05) is 11.9 Å². The van der Waals surface area contributed by atoms with Crippen molar-refractivity contribution in [1.82, 2.24) is 9.27 Å². The fourth-order valence-electron chi connectivity index (χ4n) is 2.82. The third-order valence-electron chi connectivity index (χ3n) is 3.91. The number of hydrogen-bond donors (Lipinski definition) is 1. The zero-order chi connectivity index (χ0) is 16.2. The zero-order valence-electron chi connectivity index (χ0n) is 13.0. The van der Waals surface area contributed by atoms with E-state index in [1.165, 1.54) is 11.5 Å². The average molecular weight is 329 g/mol. The summed E-state index contributed by atoms with van der Waals surface area (Å²) in [4.78, 5) is 26.8. The number of nitrogens with one attached hydrogen (secondary N) is 1. The number of likely N-dealkylation sites (tertiary alicyclic amines) is 1. The van der Waals surface area contributed by atoms with Crippen LogP contribution in [0, 0.1) is 6.92 Å². The number of nitrogens with zero attached hydrogens (tertiary/aromatic N) is 2. The van der Waals surface area contributed by atoms with Crippen LogP contribution in [0.3, 0.4) is 0 Å². The number of rotatable bonds is 4. The van der Waals surface area contributed by atoms with Gasteiger partial charge in [-0.15, -0.1) is 0 Å². The molecule has 2 amide bonds. The largest absolute Gasteiger partial charge is 0.327 e. The predicted octanol–water partition coefficient (Wildman–Crippen LogP) is 3.14. The highest BCUT2D eigenvalue weighted by molar-refractivity contribution is 7.10. The number of piperidine rings is 1. The third-order valence-corrected chi connectivity index (χ3v) is 4.71. The molecule has 1 aromatic heterocycles. The molecule has 1 aliphatic heterocycles. The van der Waals surface area contributed by atoms with Gasteiger partial charge in [-0.3, -0.25) is 9.59 Å². The topological polar surface area (TPSA) is 62.3 Å². The van der Waals surface area contributed by atoms with Crippen molar-refractivity contribution in [3.8, 4) is 0 Å². The minimum atomic E-state index is -0.591. The molecule has 1 fully saturated rings. The van der Waals surface area contributed by atoms with Crippen molar-refractivity contribution < 1.29 is 9.59 Å². The van der Waals surface area contributed by atoms with Crippen LogP contribution >= 0.6 is 11.5 Å². The molecule has 0 unspecified atom stereocenters. The second-order valence-electron chi connectivity index (χ2n) is 5.68. The van der Waals surface area contributed by atoms with Crippen LogP contribution in [-0.2, 0) is 9.59 Å². The first-order valence-corrected chi connectivity index (χ1v) is 8.51. The van der Waals surface area contributed by atoms with E-state index < -0.39 is 6.04 Å². The van der Waals surface area contributed by atoms with Crippen LogP contribution in [0.15, 0.2) is 36.4 Å². The van der Waals surface area contributed by atoms with Crippen LogP contribution in [0.1, 0.15) is 36.6 Å². The lowest BCUT2D eigenvalue weighted by atomic mass is 10.0. The molecule has 0 spiro atoms. The van der Waals surface area contributed by atoms with E-state index in [1.54, 1.807) is 4.90 Å². The van der Waals surface area contributed by atoms with Gasteiger partial charge in [-0.1, -0.05) is 30.3 Å². The zero-order valence-corrected chi connectivity index (χ0v) is 13.8. The Bertz CT molecular complexity index is 699. The highest BCUT2D eigenvalue weighted by atomic mass is 32.1. The third kappa shape index (κ3) is 3.59. The molecule has 0 saturated carbocycles. The first-order valence-electron chi connectivity index (χ1n) is 7.74. The van der Waals surface area contributed by atoms with Crippen LogP contribution in [0.2, 0.25) is 0 Å². The lowest BCUT2D eigenvalue weighted by molar-refractivity contribution is -0.141. The van der Waals surface area contributed by atoms with Crippen LogP contribution in [0.25, 0.3) is 0 Å². The molecule has 120 valence electrons. The van der Waals surface area contributed by atoms with Crippen molar-refractivity contribution in [2.24, 2.45) is 0 Å². The normalized spacial score (nSPS) is 16.2. The summed E-state index contributed by atoms with van der Waals surface area (Å²) in [5.74, 6) is -0.143. The molecule has 0 bridgehead atoms. The molecule has 2 aromatic rings. The Morgan fingerprint density at radius 1 is 1.30 bits per heavy atom. The molecule has 1 atom stereocenters. The number of amides is 2. The second kappa shape index (κ2) is 6.91. The minimum Gasteiger partial charge on any atom is -0.327 e. The lowest BCUT2D eigenvalue weighted by Crippen LogP contribution is -2.43. The second-order valence-corrected chi connectivity index (χ2v) is 6.48. The van der Waals surface area contributed by atoms with Gasteiger partial charge in [0.25, 0.3) is 5.91 Å². The van der Waals surface area contributed by atoms with Crippen LogP contribution < -0.4 is 5.32 Å². The Morgan fingerprint density at radius 3 is 2.74 bits per heavy atom. The van der Waals surface area contributed by atoms with Gasteiger partial charge in [-0.2, -0.15) is 4.37 Å². The van der Waals surface area contributed by atoms with Crippen molar-refractivity contribution in [3.05, 3.63) is 47.7 Å². The minimum absolute atomic E-state index is 0.0424. The quantitative estimate of drug-likeness (QED) is 0.937. The summed E-state index contributed by atoms with van der Waals surface area (Å²) < 4.78 is 4.18. The smallest absolute Gasteiger partial charge is 0.252 e. The summed E-state index contributed by atoms with van der Waals surface area (Å²) >= 11 is 1.25. The Balaban J connectivity index is 1.88. The summed E-state index contributed by atoms with van der Waals surface area (Å²) in [5, 5.41) is 3.61. The fraction of sp³-hybridized carbons (Fsp3) is 0.353. The first-order chi connectivity index (χ1) is 11.1. The molecule has 5 nitrogen and oxygen atoms in total. The number of carbonyl (C=O) groups is 2. The predicted molar refractivity (Wildman–Crippen MR) is 90.2 cm³/mol. The van der Waals surface area contributed by atoms with E-state index in [-0.39, 0.29) is 11.8 Å². The maximum Gasteiger partial charge on any atom is 0.252 e. The van der Waals surface area contributed by atoms with E-state index in [9.17, 15) is 9.59 Å². The van der Waals surface area contributed by atoms with Crippen molar-refractivity contribution in [3.63, 3.8) is 0 Å². The van der Waals surface area contributed by atoms with Gasteiger partial charge in [-0.05, 0) is 42.9 Å². The monoisotopic (exact) mass is 329 g/mol. The Labute approximate surface area is 139 Å². The maximum absolute atomic E-state index is 12.8. The van der Waals surface area contributed by atoms with E-state index in [0.717, 1.165) is 24.1 Å². The number of anilines is 1. The molecule has 1 N–H and O–H groups in total. The molecular weight excluding hydrogens is 310 g/mol. The molecule has 1 aromatic carbocycles. The first kappa shape index (κ1) is 15.7. The highest BCUT2D eigenvalue weighted by Crippen LogP contribution is 2.27. The van der Waals surface area contributed by atoms with E-state index in [0.29, 0.717) is 18.0 Å². The SMILES string of the molecule is Cc1cc(NC(=O)[C@H](c2ccccc2)N2CCCCC2=O)sn1. The molecule has 0 aliphatic carbocycles. The van der Waals surface area contributed by atoms with Crippen LogP contribution in [0.4, 0.5) is 5.00 Å². The number of aromatic nitrogens is 1. The summed E-state index contributed by atoms with van der Waals surface area (Å²) in [6, 6.07) is 10.7. The molecule has 23 heavy (non-hydrogen) atoms. The Kier molecular flexibility index (Phi) is 4.71. The Hall–Kier alpha value is -2.21. The molecule has 3 rings (SSSR count). The molecule has 1 saturated heterocycles. The van der Waals surface area contributed by atoms with E-state index in [1.807, 2.05) is 43.3 Å². The van der Waals surface area contributed by atoms with E-state index in [2.05, 4.69) is 9.69 Å². The van der Waals surface area contributed by atoms with Gasteiger partial charge < -0.3 is 10.2 Å². The van der Waals surface area contributed by atoms with Crippen LogP contribution in [-0.4, -0.2) is 27.6 Å². The molecule has 2 heterocycles. The van der Waals surface area contributed by atoms with E-state index >= 15 is 0 Å². The Morgan fingerprint density at radius 2 is 2.09 bits per heavy atom.